The highest BCUT2D eigenvalue weighted by atomic mass is 16.5. The SMILES string of the molecule is Cc1cccc(OC(C)C(=O)O)c1C#N. The summed E-state index contributed by atoms with van der Waals surface area (Å²) in [5, 5.41) is 17.5. The molecular weight excluding hydrogens is 194 g/mol. The molecule has 4 nitrogen and oxygen atoms in total. The van der Waals surface area contributed by atoms with Crippen LogP contribution in [0, 0.1) is 18.3 Å². The molecule has 1 aromatic rings. The average Bonchev–Trinajstić information content (AvgIpc) is 2.18. The Kier molecular flexibility index (Phi) is 3.29. The highest BCUT2D eigenvalue weighted by Crippen LogP contribution is 2.21. The Bertz CT molecular complexity index is 420. The van der Waals surface area contributed by atoms with Crippen molar-refractivity contribution in [3.05, 3.63) is 29.3 Å². The van der Waals surface area contributed by atoms with E-state index in [-0.39, 0.29) is 0 Å². The topological polar surface area (TPSA) is 70.3 Å². The van der Waals surface area contributed by atoms with Gasteiger partial charge in [-0.2, -0.15) is 5.26 Å². The number of hydrogen-bond donors (Lipinski definition) is 1. The minimum Gasteiger partial charge on any atom is -0.479 e. The lowest BCUT2D eigenvalue weighted by atomic mass is 10.1. The summed E-state index contributed by atoms with van der Waals surface area (Å²) in [5.41, 5.74) is 1.15. The molecule has 0 amide bonds. The van der Waals surface area contributed by atoms with Crippen LogP contribution in [0.4, 0.5) is 0 Å². The van der Waals surface area contributed by atoms with Gasteiger partial charge in [0.2, 0.25) is 0 Å². The number of hydrogen-bond acceptors (Lipinski definition) is 3. The number of carboxylic acid groups (broad SMARTS) is 1. The molecule has 1 unspecified atom stereocenters. The predicted octanol–water partition coefficient (Wildman–Crippen LogP) is 1.72. The first kappa shape index (κ1) is 11.1. The third-order valence-corrected chi connectivity index (χ3v) is 2.00. The summed E-state index contributed by atoms with van der Waals surface area (Å²) in [5.74, 6) is -0.743. The normalized spacial score (nSPS) is 11.5. The molecule has 0 aliphatic carbocycles. The first-order valence-corrected chi connectivity index (χ1v) is 4.45. The molecule has 0 saturated heterocycles. The molecular formula is C11H11NO3. The van der Waals surface area contributed by atoms with E-state index in [1.807, 2.05) is 6.07 Å². The van der Waals surface area contributed by atoms with Gasteiger partial charge in [-0.25, -0.2) is 4.79 Å². The maximum Gasteiger partial charge on any atom is 0.344 e. The van der Waals surface area contributed by atoms with Gasteiger partial charge < -0.3 is 9.84 Å². The van der Waals surface area contributed by atoms with Crippen LogP contribution in [0.15, 0.2) is 18.2 Å². The molecule has 15 heavy (non-hydrogen) atoms. The molecule has 4 heteroatoms. The van der Waals surface area contributed by atoms with Crippen LogP contribution in [0.3, 0.4) is 0 Å². The first-order chi connectivity index (χ1) is 7.06. The molecule has 0 spiro atoms. The van der Waals surface area contributed by atoms with E-state index in [4.69, 9.17) is 15.1 Å². The molecule has 0 fully saturated rings. The zero-order valence-electron chi connectivity index (χ0n) is 8.52. The van der Waals surface area contributed by atoms with Crippen molar-refractivity contribution in [3.8, 4) is 11.8 Å². The molecule has 1 rings (SSSR count). The zero-order valence-corrected chi connectivity index (χ0v) is 8.52. The fraction of sp³-hybridized carbons (Fsp3) is 0.273. The Morgan fingerprint density at radius 3 is 2.80 bits per heavy atom. The van der Waals surface area contributed by atoms with E-state index in [1.165, 1.54) is 6.92 Å². The van der Waals surface area contributed by atoms with E-state index in [9.17, 15) is 4.79 Å². The summed E-state index contributed by atoms with van der Waals surface area (Å²) in [6, 6.07) is 7.08. The number of rotatable bonds is 3. The Labute approximate surface area is 87.7 Å². The van der Waals surface area contributed by atoms with Crippen LogP contribution in [-0.4, -0.2) is 17.2 Å². The number of carbonyl (C=O) groups is 1. The second-order valence-electron chi connectivity index (χ2n) is 3.16. The Balaban J connectivity index is 3.01. The maximum atomic E-state index is 10.6. The number of ether oxygens (including phenoxy) is 1. The van der Waals surface area contributed by atoms with E-state index < -0.39 is 12.1 Å². The lowest BCUT2D eigenvalue weighted by Gasteiger charge is -2.12. The maximum absolute atomic E-state index is 10.6. The molecule has 0 aliphatic heterocycles. The van der Waals surface area contributed by atoms with Crippen molar-refractivity contribution in [2.45, 2.75) is 20.0 Å². The summed E-state index contributed by atoms with van der Waals surface area (Å²) in [4.78, 5) is 10.6. The van der Waals surface area contributed by atoms with Crippen LogP contribution in [0.2, 0.25) is 0 Å². The van der Waals surface area contributed by atoms with E-state index in [2.05, 4.69) is 0 Å². The fourth-order valence-corrected chi connectivity index (χ4v) is 1.12. The molecule has 0 aliphatic rings. The van der Waals surface area contributed by atoms with Gasteiger partial charge in [-0.15, -0.1) is 0 Å². The van der Waals surface area contributed by atoms with E-state index in [0.29, 0.717) is 11.3 Å². The number of nitrogens with zero attached hydrogens (tertiary/aromatic N) is 1. The highest BCUT2D eigenvalue weighted by Gasteiger charge is 2.15. The first-order valence-electron chi connectivity index (χ1n) is 4.45. The van der Waals surface area contributed by atoms with Crippen molar-refractivity contribution in [1.29, 1.82) is 5.26 Å². The second kappa shape index (κ2) is 4.47. The van der Waals surface area contributed by atoms with Gasteiger partial charge in [-0.05, 0) is 25.5 Å². The fourth-order valence-electron chi connectivity index (χ4n) is 1.12. The van der Waals surface area contributed by atoms with Crippen LogP contribution in [0.25, 0.3) is 0 Å². The van der Waals surface area contributed by atoms with Crippen molar-refractivity contribution >= 4 is 5.97 Å². The molecule has 0 saturated carbocycles. The quantitative estimate of drug-likeness (QED) is 0.815. The van der Waals surface area contributed by atoms with Crippen molar-refractivity contribution in [3.63, 3.8) is 0 Å². The van der Waals surface area contributed by atoms with E-state index in [1.54, 1.807) is 25.1 Å². The monoisotopic (exact) mass is 205 g/mol. The molecule has 78 valence electrons. The predicted molar refractivity (Wildman–Crippen MR) is 53.6 cm³/mol. The van der Waals surface area contributed by atoms with Crippen LogP contribution in [0.1, 0.15) is 18.1 Å². The van der Waals surface area contributed by atoms with Gasteiger partial charge in [-0.3, -0.25) is 0 Å². The molecule has 0 aromatic heterocycles. The Morgan fingerprint density at radius 1 is 1.60 bits per heavy atom. The Morgan fingerprint density at radius 2 is 2.27 bits per heavy atom. The van der Waals surface area contributed by atoms with Gasteiger partial charge in [0.1, 0.15) is 11.8 Å². The van der Waals surface area contributed by atoms with Crippen molar-refractivity contribution < 1.29 is 14.6 Å². The summed E-state index contributed by atoms with van der Waals surface area (Å²) in [7, 11) is 0. The number of aliphatic carboxylic acids is 1. The van der Waals surface area contributed by atoms with Gasteiger partial charge in [0.05, 0.1) is 5.56 Å². The van der Waals surface area contributed by atoms with Gasteiger partial charge in [0.15, 0.2) is 6.10 Å². The van der Waals surface area contributed by atoms with Crippen LogP contribution < -0.4 is 4.74 Å². The van der Waals surface area contributed by atoms with Crippen molar-refractivity contribution in [1.82, 2.24) is 0 Å². The molecule has 1 aromatic carbocycles. The van der Waals surface area contributed by atoms with Gasteiger partial charge in [0, 0.05) is 0 Å². The minimum absolute atomic E-state index is 0.312. The number of carboxylic acids is 1. The van der Waals surface area contributed by atoms with Crippen LogP contribution in [0.5, 0.6) is 5.75 Å². The van der Waals surface area contributed by atoms with E-state index >= 15 is 0 Å². The molecule has 0 radical (unpaired) electrons. The molecule has 1 atom stereocenters. The molecule has 0 bridgehead atoms. The van der Waals surface area contributed by atoms with Crippen molar-refractivity contribution in [2.24, 2.45) is 0 Å². The van der Waals surface area contributed by atoms with Crippen LogP contribution >= 0.6 is 0 Å². The lowest BCUT2D eigenvalue weighted by molar-refractivity contribution is -0.144. The average molecular weight is 205 g/mol. The Hall–Kier alpha value is -2.02. The standard InChI is InChI=1S/C11H11NO3/c1-7-4-3-5-10(9(7)6-12)15-8(2)11(13)14/h3-5,8H,1-2H3,(H,13,14). The minimum atomic E-state index is -1.06. The smallest absolute Gasteiger partial charge is 0.344 e. The summed E-state index contributed by atoms with van der Waals surface area (Å²) in [6.07, 6.45) is -0.959. The molecule has 0 heterocycles. The highest BCUT2D eigenvalue weighted by molar-refractivity contribution is 5.72. The van der Waals surface area contributed by atoms with Gasteiger partial charge >= 0.3 is 5.97 Å². The third kappa shape index (κ3) is 2.47. The second-order valence-corrected chi connectivity index (χ2v) is 3.16. The summed E-state index contributed by atoms with van der Waals surface area (Å²) >= 11 is 0. The van der Waals surface area contributed by atoms with E-state index in [0.717, 1.165) is 5.56 Å². The van der Waals surface area contributed by atoms with Crippen LogP contribution in [-0.2, 0) is 4.79 Å². The molecule has 1 N–H and O–H groups in total. The van der Waals surface area contributed by atoms with Gasteiger partial charge in [-0.1, -0.05) is 12.1 Å². The zero-order chi connectivity index (χ0) is 11.4. The largest absolute Gasteiger partial charge is 0.479 e. The van der Waals surface area contributed by atoms with Gasteiger partial charge in [0.25, 0.3) is 0 Å². The summed E-state index contributed by atoms with van der Waals surface area (Å²) in [6.45, 7) is 3.20. The third-order valence-electron chi connectivity index (χ3n) is 2.00. The number of nitriles is 1. The number of aryl methyl sites for hydroxylation is 1. The van der Waals surface area contributed by atoms with Crippen molar-refractivity contribution in [2.75, 3.05) is 0 Å². The summed E-state index contributed by atoms with van der Waals surface area (Å²) < 4.78 is 5.16. The lowest BCUT2D eigenvalue weighted by Crippen LogP contribution is -2.23. The number of benzene rings is 1.